The zero-order valence-electron chi connectivity index (χ0n) is 17.3. The van der Waals surface area contributed by atoms with Gasteiger partial charge in [-0.2, -0.15) is 0 Å². The topological polar surface area (TPSA) is 173 Å². The molecule has 0 amide bonds. The molecule has 12 heteroatoms. The Bertz CT molecular complexity index is 962. The molecule has 0 bridgehead atoms. The smallest absolute Gasteiger partial charge is 0.359 e. The van der Waals surface area contributed by atoms with Gasteiger partial charge in [0, 0.05) is 12.6 Å². The predicted octanol–water partition coefficient (Wildman–Crippen LogP) is 1.12. The van der Waals surface area contributed by atoms with Gasteiger partial charge >= 0.3 is 7.60 Å². The molecule has 0 saturated carbocycles. The summed E-state index contributed by atoms with van der Waals surface area (Å²) in [5.74, 6) is 0.278. The number of aromatic nitrogens is 3. The molecule has 3 unspecified atom stereocenters. The highest BCUT2D eigenvalue weighted by atomic mass is 31.2. The van der Waals surface area contributed by atoms with Gasteiger partial charge < -0.3 is 39.8 Å². The van der Waals surface area contributed by atoms with Crippen LogP contribution in [0.3, 0.4) is 0 Å². The van der Waals surface area contributed by atoms with Gasteiger partial charge in [0.2, 0.25) is 0 Å². The average Bonchev–Trinajstić information content (AvgIpc) is 3.18. The number of ether oxygens (including phenoxy) is 1. The van der Waals surface area contributed by atoms with Crippen molar-refractivity contribution in [2.45, 2.75) is 76.0 Å². The number of rotatable bonds is 7. The van der Waals surface area contributed by atoms with Gasteiger partial charge in [-0.1, -0.05) is 6.92 Å². The van der Waals surface area contributed by atoms with E-state index < -0.39 is 43.1 Å². The Balaban J connectivity index is 1.84. The molecule has 168 valence electrons. The van der Waals surface area contributed by atoms with Crippen molar-refractivity contribution in [2.75, 3.05) is 5.73 Å². The summed E-state index contributed by atoms with van der Waals surface area (Å²) in [5.41, 5.74) is 5.09. The van der Waals surface area contributed by atoms with Crippen LogP contribution in [0.2, 0.25) is 0 Å². The van der Waals surface area contributed by atoms with Crippen molar-refractivity contribution in [2.24, 2.45) is 0 Å². The van der Waals surface area contributed by atoms with Gasteiger partial charge in [-0.15, -0.1) is 0 Å². The van der Waals surface area contributed by atoms with Crippen LogP contribution in [0.4, 0.5) is 5.82 Å². The number of nitrogen functional groups attached to an aromatic ring is 1. The van der Waals surface area contributed by atoms with E-state index in [1.54, 1.807) is 30.7 Å². The molecule has 3 rings (SSSR count). The van der Waals surface area contributed by atoms with E-state index in [9.17, 15) is 24.8 Å². The van der Waals surface area contributed by atoms with E-state index in [0.717, 1.165) is 0 Å². The van der Waals surface area contributed by atoms with Crippen LogP contribution in [0.5, 0.6) is 0 Å². The Kier molecular flexibility index (Phi) is 6.02. The third kappa shape index (κ3) is 4.11. The molecular weight excluding hydrogens is 415 g/mol. The Morgan fingerprint density at radius 1 is 1.30 bits per heavy atom. The molecule has 6 atom stereocenters. The minimum absolute atomic E-state index is 0.00911. The second-order valence-corrected chi connectivity index (χ2v) is 10.7. The minimum Gasteiger partial charge on any atom is -0.388 e. The Hall–Kier alpha value is -1.59. The summed E-state index contributed by atoms with van der Waals surface area (Å²) >= 11 is 0. The lowest BCUT2D eigenvalue weighted by Gasteiger charge is -2.36. The van der Waals surface area contributed by atoms with Crippen molar-refractivity contribution < 1.29 is 34.0 Å². The standard InChI is InChI=1S/C18H29N4O7P/c1-5-18(4,29-30(26,27)17(2,3)25)8-11-12(23)13(24)16(28-11)22-7-6-10-14(19)20-9-21-15(10)22/h6-7,9,11-13,16,23-25H,5,8H2,1-4H3,(H,26,27)(H2,19,20,21)/t11?,12-,13-,16-,18?/m1/s1. The van der Waals surface area contributed by atoms with Crippen molar-refractivity contribution in [1.29, 1.82) is 0 Å². The fourth-order valence-corrected chi connectivity index (χ4v) is 4.43. The third-order valence-corrected chi connectivity index (χ3v) is 7.64. The lowest BCUT2D eigenvalue weighted by molar-refractivity contribution is -0.0682. The lowest BCUT2D eigenvalue weighted by Crippen LogP contribution is -2.39. The van der Waals surface area contributed by atoms with Crippen LogP contribution in [0.15, 0.2) is 18.6 Å². The molecule has 0 aliphatic carbocycles. The number of aliphatic hydroxyl groups is 3. The summed E-state index contributed by atoms with van der Waals surface area (Å²) in [6, 6.07) is 1.69. The van der Waals surface area contributed by atoms with Crippen molar-refractivity contribution in [1.82, 2.24) is 14.5 Å². The van der Waals surface area contributed by atoms with Crippen LogP contribution in [-0.2, 0) is 13.8 Å². The number of nitrogens with two attached hydrogens (primary N) is 1. The molecule has 0 aromatic carbocycles. The molecule has 3 heterocycles. The Morgan fingerprint density at radius 3 is 2.57 bits per heavy atom. The van der Waals surface area contributed by atoms with Crippen molar-refractivity contribution in [3.63, 3.8) is 0 Å². The van der Waals surface area contributed by atoms with Crippen LogP contribution < -0.4 is 5.73 Å². The zero-order valence-corrected chi connectivity index (χ0v) is 18.2. The largest absolute Gasteiger partial charge is 0.388 e. The molecule has 11 nitrogen and oxygen atoms in total. The SMILES string of the molecule is CCC(C)(CC1O[C@@H](n2ccc3c(N)ncnc32)[C@H](O)[C@@H]1O)OP(=O)(O)C(C)(C)O. The second-order valence-electron chi connectivity index (χ2n) is 8.38. The van der Waals surface area contributed by atoms with Crippen LogP contribution in [0.1, 0.15) is 46.8 Å². The second kappa shape index (κ2) is 7.83. The first-order valence-electron chi connectivity index (χ1n) is 9.64. The highest BCUT2D eigenvalue weighted by Crippen LogP contribution is 2.57. The normalized spacial score (nSPS) is 29.1. The van der Waals surface area contributed by atoms with Gasteiger partial charge in [0.05, 0.1) is 17.1 Å². The van der Waals surface area contributed by atoms with E-state index >= 15 is 0 Å². The first kappa shape index (κ1) is 23.1. The summed E-state index contributed by atoms with van der Waals surface area (Å²) < 4.78 is 25.4. The van der Waals surface area contributed by atoms with Crippen LogP contribution in [-0.4, -0.2) is 64.0 Å². The number of fused-ring (bicyclic) bond motifs is 1. The van der Waals surface area contributed by atoms with Gasteiger partial charge in [0.25, 0.3) is 0 Å². The summed E-state index contributed by atoms with van der Waals surface area (Å²) in [6.07, 6.45) is -1.17. The van der Waals surface area contributed by atoms with Crippen LogP contribution >= 0.6 is 7.60 Å². The molecule has 1 aliphatic rings. The number of hydrogen-bond acceptors (Lipinski definition) is 9. The van der Waals surface area contributed by atoms with E-state index in [1.165, 1.54) is 20.2 Å². The predicted molar refractivity (Wildman–Crippen MR) is 108 cm³/mol. The number of anilines is 1. The monoisotopic (exact) mass is 444 g/mol. The van der Waals surface area contributed by atoms with Crippen LogP contribution in [0, 0.1) is 0 Å². The zero-order chi connectivity index (χ0) is 22.5. The molecular formula is C18H29N4O7P. The molecule has 0 radical (unpaired) electrons. The Labute approximate surface area is 174 Å². The summed E-state index contributed by atoms with van der Waals surface area (Å²) in [5, 5.41) is 29.8. The number of nitrogens with zero attached hydrogens (tertiary/aromatic N) is 3. The Morgan fingerprint density at radius 2 is 1.97 bits per heavy atom. The van der Waals surface area contributed by atoms with Gasteiger partial charge in [-0.3, -0.25) is 4.57 Å². The first-order chi connectivity index (χ1) is 13.8. The van der Waals surface area contributed by atoms with Crippen molar-refractivity contribution >= 4 is 24.4 Å². The van der Waals surface area contributed by atoms with Crippen molar-refractivity contribution in [3.05, 3.63) is 18.6 Å². The fraction of sp³-hybridized carbons (Fsp3) is 0.667. The molecule has 2 aromatic rings. The number of hydrogen-bond donors (Lipinski definition) is 5. The first-order valence-corrected chi connectivity index (χ1v) is 11.2. The van der Waals surface area contributed by atoms with Gasteiger partial charge in [-0.25, -0.2) is 9.97 Å². The highest BCUT2D eigenvalue weighted by Gasteiger charge is 2.50. The molecule has 0 spiro atoms. The molecule has 30 heavy (non-hydrogen) atoms. The lowest BCUT2D eigenvalue weighted by atomic mass is 9.93. The maximum absolute atomic E-state index is 12.5. The van der Waals surface area contributed by atoms with E-state index in [-0.39, 0.29) is 12.2 Å². The van der Waals surface area contributed by atoms with E-state index in [4.69, 9.17) is 15.0 Å². The molecule has 1 aliphatic heterocycles. The fourth-order valence-electron chi connectivity index (χ4n) is 3.41. The summed E-state index contributed by atoms with van der Waals surface area (Å²) in [7, 11) is -4.39. The van der Waals surface area contributed by atoms with Crippen molar-refractivity contribution in [3.8, 4) is 0 Å². The molecule has 1 fully saturated rings. The van der Waals surface area contributed by atoms with Gasteiger partial charge in [0.1, 0.15) is 30.0 Å². The minimum atomic E-state index is -4.39. The van der Waals surface area contributed by atoms with Gasteiger partial charge in [-0.05, 0) is 33.3 Å². The summed E-state index contributed by atoms with van der Waals surface area (Å²) in [6.45, 7) is 5.72. The number of aliphatic hydroxyl groups excluding tert-OH is 2. The molecule has 2 aromatic heterocycles. The maximum Gasteiger partial charge on any atom is 0.359 e. The molecule has 6 N–H and O–H groups in total. The summed E-state index contributed by atoms with van der Waals surface area (Å²) in [4.78, 5) is 18.3. The molecule has 1 saturated heterocycles. The quantitative estimate of drug-likeness (QED) is 0.389. The average molecular weight is 444 g/mol. The van der Waals surface area contributed by atoms with E-state index in [1.807, 2.05) is 0 Å². The van der Waals surface area contributed by atoms with E-state index in [2.05, 4.69) is 9.97 Å². The van der Waals surface area contributed by atoms with Gasteiger partial charge in [0.15, 0.2) is 11.6 Å². The third-order valence-electron chi connectivity index (χ3n) is 5.57. The highest BCUT2D eigenvalue weighted by molar-refractivity contribution is 7.54. The maximum atomic E-state index is 12.5. The van der Waals surface area contributed by atoms with Crippen LogP contribution in [0.25, 0.3) is 11.0 Å². The van der Waals surface area contributed by atoms with E-state index in [0.29, 0.717) is 17.5 Å².